The van der Waals surface area contributed by atoms with Gasteiger partial charge in [-0.25, -0.2) is 0 Å². The summed E-state index contributed by atoms with van der Waals surface area (Å²) in [7, 11) is 0. The fourth-order valence-corrected chi connectivity index (χ4v) is 3.10. The van der Waals surface area contributed by atoms with E-state index in [1.165, 1.54) is 5.56 Å². The lowest BCUT2D eigenvalue weighted by atomic mass is 9.90. The lowest BCUT2D eigenvalue weighted by Crippen LogP contribution is -2.40. The minimum atomic E-state index is -0.225. The second-order valence-electron chi connectivity index (χ2n) is 5.87. The van der Waals surface area contributed by atoms with Crippen molar-refractivity contribution in [1.82, 2.24) is 15.1 Å². The van der Waals surface area contributed by atoms with Crippen molar-refractivity contribution in [3.8, 4) is 0 Å². The van der Waals surface area contributed by atoms with E-state index >= 15 is 0 Å². The number of aromatic amines is 1. The molecule has 1 aromatic heterocycles. The van der Waals surface area contributed by atoms with Crippen molar-refractivity contribution < 1.29 is 9.59 Å². The second-order valence-corrected chi connectivity index (χ2v) is 5.87. The molecule has 23 heavy (non-hydrogen) atoms. The number of carbonyl (C=O) groups excluding carboxylic acids is 2. The molecule has 0 aliphatic carbocycles. The predicted molar refractivity (Wildman–Crippen MR) is 86.8 cm³/mol. The van der Waals surface area contributed by atoms with Gasteiger partial charge in [0.05, 0.1) is 12.5 Å². The number of benzene rings is 1. The number of aryl methyl sites for hydroxylation is 1. The van der Waals surface area contributed by atoms with Crippen LogP contribution in [0.2, 0.25) is 0 Å². The van der Waals surface area contributed by atoms with E-state index in [1.54, 1.807) is 17.9 Å². The standard InChI is InChI=1S/C17H20N4O2/c1-11-9-16(20-19-11)18-17(23)10-15-14-6-4-3-5-13(14)7-8-21(15)12(2)22/h3-6,9,15H,7-8,10H2,1-2H3,(H2,18,19,20,23). The molecule has 1 aliphatic rings. The Kier molecular flexibility index (Phi) is 4.14. The molecule has 0 spiro atoms. The van der Waals surface area contributed by atoms with Crippen molar-refractivity contribution in [2.45, 2.75) is 32.7 Å². The molecule has 120 valence electrons. The number of aromatic nitrogens is 2. The van der Waals surface area contributed by atoms with Gasteiger partial charge < -0.3 is 10.2 Å². The van der Waals surface area contributed by atoms with Crippen LogP contribution < -0.4 is 5.32 Å². The van der Waals surface area contributed by atoms with Crippen LogP contribution in [0, 0.1) is 6.92 Å². The maximum atomic E-state index is 12.4. The Morgan fingerprint density at radius 3 is 2.87 bits per heavy atom. The molecule has 1 unspecified atom stereocenters. The van der Waals surface area contributed by atoms with E-state index in [0.29, 0.717) is 12.4 Å². The third-order valence-electron chi connectivity index (χ3n) is 4.17. The first-order valence-corrected chi connectivity index (χ1v) is 7.71. The molecule has 0 saturated heterocycles. The van der Waals surface area contributed by atoms with Crippen LogP contribution in [0.15, 0.2) is 30.3 Å². The lowest BCUT2D eigenvalue weighted by molar-refractivity contribution is -0.132. The Bertz CT molecular complexity index is 738. The molecule has 2 aromatic rings. The number of hydrogen-bond acceptors (Lipinski definition) is 3. The highest BCUT2D eigenvalue weighted by atomic mass is 16.2. The molecule has 3 rings (SSSR count). The summed E-state index contributed by atoms with van der Waals surface area (Å²) in [5.41, 5.74) is 3.15. The van der Waals surface area contributed by atoms with E-state index in [4.69, 9.17) is 0 Å². The highest BCUT2D eigenvalue weighted by Gasteiger charge is 2.30. The number of anilines is 1. The summed E-state index contributed by atoms with van der Waals surface area (Å²) in [6.45, 7) is 4.07. The fourth-order valence-electron chi connectivity index (χ4n) is 3.10. The number of nitrogens with one attached hydrogen (secondary N) is 2. The number of hydrogen-bond donors (Lipinski definition) is 2. The monoisotopic (exact) mass is 312 g/mol. The molecule has 6 heteroatoms. The van der Waals surface area contributed by atoms with Crippen molar-refractivity contribution in [3.05, 3.63) is 47.2 Å². The summed E-state index contributed by atoms with van der Waals surface area (Å²) in [5, 5.41) is 9.58. The van der Waals surface area contributed by atoms with Gasteiger partial charge in [-0.1, -0.05) is 24.3 Å². The Balaban J connectivity index is 1.80. The Hall–Kier alpha value is -2.63. The van der Waals surface area contributed by atoms with Gasteiger partial charge in [0.1, 0.15) is 0 Å². The van der Waals surface area contributed by atoms with Crippen molar-refractivity contribution in [1.29, 1.82) is 0 Å². The molecule has 1 atom stereocenters. The topological polar surface area (TPSA) is 78.1 Å². The first kappa shape index (κ1) is 15.3. The van der Waals surface area contributed by atoms with E-state index in [0.717, 1.165) is 17.7 Å². The molecule has 6 nitrogen and oxygen atoms in total. The zero-order valence-corrected chi connectivity index (χ0v) is 13.3. The zero-order chi connectivity index (χ0) is 16.4. The smallest absolute Gasteiger partial charge is 0.228 e. The van der Waals surface area contributed by atoms with E-state index in [1.807, 2.05) is 25.1 Å². The summed E-state index contributed by atoms with van der Waals surface area (Å²) < 4.78 is 0. The highest BCUT2D eigenvalue weighted by Crippen LogP contribution is 2.32. The van der Waals surface area contributed by atoms with Crippen LogP contribution in [0.5, 0.6) is 0 Å². The Morgan fingerprint density at radius 2 is 2.17 bits per heavy atom. The number of amides is 2. The van der Waals surface area contributed by atoms with Gasteiger partial charge in [-0.3, -0.25) is 14.7 Å². The largest absolute Gasteiger partial charge is 0.335 e. The van der Waals surface area contributed by atoms with Gasteiger partial charge in [-0.15, -0.1) is 0 Å². The molecular formula is C17H20N4O2. The third kappa shape index (κ3) is 3.26. The second kappa shape index (κ2) is 6.24. The fraction of sp³-hybridized carbons (Fsp3) is 0.353. The van der Waals surface area contributed by atoms with Crippen molar-refractivity contribution in [3.63, 3.8) is 0 Å². The number of fused-ring (bicyclic) bond motifs is 1. The molecule has 2 N–H and O–H groups in total. The Labute approximate surface area is 134 Å². The summed E-state index contributed by atoms with van der Waals surface area (Å²) in [4.78, 5) is 26.1. The Morgan fingerprint density at radius 1 is 1.39 bits per heavy atom. The molecular weight excluding hydrogens is 292 g/mol. The third-order valence-corrected chi connectivity index (χ3v) is 4.17. The maximum Gasteiger partial charge on any atom is 0.228 e. The minimum Gasteiger partial charge on any atom is -0.335 e. The molecule has 2 heterocycles. The number of H-pyrrole nitrogens is 1. The van der Waals surface area contributed by atoms with Gasteiger partial charge >= 0.3 is 0 Å². The van der Waals surface area contributed by atoms with Crippen LogP contribution in [0.25, 0.3) is 0 Å². The number of carbonyl (C=O) groups is 2. The molecule has 1 aliphatic heterocycles. The van der Waals surface area contributed by atoms with Gasteiger partial charge in [0.2, 0.25) is 11.8 Å². The van der Waals surface area contributed by atoms with Crippen molar-refractivity contribution >= 4 is 17.6 Å². The summed E-state index contributed by atoms with van der Waals surface area (Å²) >= 11 is 0. The molecule has 0 saturated carbocycles. The van der Waals surface area contributed by atoms with Crippen molar-refractivity contribution in [2.75, 3.05) is 11.9 Å². The predicted octanol–water partition coefficient (Wildman–Crippen LogP) is 2.19. The van der Waals surface area contributed by atoms with Crippen LogP contribution in [0.4, 0.5) is 5.82 Å². The molecule has 1 aromatic carbocycles. The van der Waals surface area contributed by atoms with E-state index in [2.05, 4.69) is 21.6 Å². The molecule has 2 amide bonds. The normalized spacial score (nSPS) is 16.8. The van der Waals surface area contributed by atoms with Gasteiger partial charge in [-0.2, -0.15) is 5.10 Å². The first-order chi connectivity index (χ1) is 11.0. The first-order valence-electron chi connectivity index (χ1n) is 7.71. The van der Waals surface area contributed by atoms with Crippen molar-refractivity contribution in [2.24, 2.45) is 0 Å². The van der Waals surface area contributed by atoms with Gasteiger partial charge in [0, 0.05) is 25.2 Å². The summed E-state index contributed by atoms with van der Waals surface area (Å²) in [6, 6.07) is 9.55. The average Bonchev–Trinajstić information content (AvgIpc) is 2.92. The molecule has 0 bridgehead atoms. The SMILES string of the molecule is CC(=O)N1CCc2ccccc2C1CC(=O)Nc1cc(C)[nH]n1. The summed E-state index contributed by atoms with van der Waals surface area (Å²) in [5.74, 6) is 0.350. The van der Waals surface area contributed by atoms with E-state index < -0.39 is 0 Å². The van der Waals surface area contributed by atoms with E-state index in [-0.39, 0.29) is 24.3 Å². The lowest BCUT2D eigenvalue weighted by Gasteiger charge is -2.36. The van der Waals surface area contributed by atoms with Crippen LogP contribution >= 0.6 is 0 Å². The zero-order valence-electron chi connectivity index (χ0n) is 13.3. The quantitative estimate of drug-likeness (QED) is 0.912. The van der Waals surface area contributed by atoms with Gasteiger partial charge in [-0.05, 0) is 24.5 Å². The van der Waals surface area contributed by atoms with Gasteiger partial charge in [0.15, 0.2) is 5.82 Å². The number of rotatable bonds is 3. The average molecular weight is 312 g/mol. The van der Waals surface area contributed by atoms with Gasteiger partial charge in [0.25, 0.3) is 0 Å². The van der Waals surface area contributed by atoms with Crippen LogP contribution in [0.3, 0.4) is 0 Å². The highest BCUT2D eigenvalue weighted by molar-refractivity contribution is 5.90. The van der Waals surface area contributed by atoms with E-state index in [9.17, 15) is 9.59 Å². The molecule has 0 fully saturated rings. The molecule has 0 radical (unpaired) electrons. The van der Waals surface area contributed by atoms with Crippen LogP contribution in [0.1, 0.15) is 36.2 Å². The van der Waals surface area contributed by atoms with Crippen LogP contribution in [-0.2, 0) is 16.0 Å². The number of nitrogens with zero attached hydrogens (tertiary/aromatic N) is 2. The van der Waals surface area contributed by atoms with Crippen LogP contribution in [-0.4, -0.2) is 33.5 Å². The minimum absolute atomic E-state index is 0.00656. The summed E-state index contributed by atoms with van der Waals surface area (Å²) in [6.07, 6.45) is 1.05. The maximum absolute atomic E-state index is 12.4.